The smallest absolute Gasteiger partial charge is 0.255 e. The molecule has 0 aliphatic rings. The number of rotatable bonds is 3. The van der Waals surface area contributed by atoms with Crippen LogP contribution in [0, 0.1) is 11.8 Å². The van der Waals surface area contributed by atoms with Crippen LogP contribution < -0.4 is 5.73 Å². The minimum atomic E-state index is 0.00581. The fourth-order valence-corrected chi connectivity index (χ4v) is 1.59. The molecular formula is C15H20N2O. The molecule has 0 heterocycles. The predicted molar refractivity (Wildman–Crippen MR) is 74.2 cm³/mol. The van der Waals surface area contributed by atoms with Crippen LogP contribution in [0.2, 0.25) is 0 Å². The number of amides is 1. The van der Waals surface area contributed by atoms with E-state index in [-0.39, 0.29) is 11.9 Å². The molecular weight excluding hydrogens is 224 g/mol. The van der Waals surface area contributed by atoms with Gasteiger partial charge in [-0.2, -0.15) is 0 Å². The molecule has 1 aromatic carbocycles. The summed E-state index contributed by atoms with van der Waals surface area (Å²) in [5.41, 5.74) is 6.74. The third-order valence-corrected chi connectivity index (χ3v) is 3.05. The Labute approximate surface area is 109 Å². The zero-order chi connectivity index (χ0) is 13.5. The van der Waals surface area contributed by atoms with Gasteiger partial charge in [0.15, 0.2) is 0 Å². The first-order valence-corrected chi connectivity index (χ1v) is 6.17. The van der Waals surface area contributed by atoms with Crippen LogP contribution >= 0.6 is 0 Å². The fraction of sp³-hybridized carbons (Fsp3) is 0.400. The SMILES string of the molecule is CCC(C)N(C)C(=O)c1ccccc1C#CCN. The van der Waals surface area contributed by atoms with E-state index >= 15 is 0 Å². The van der Waals surface area contributed by atoms with Crippen LogP contribution in [0.1, 0.15) is 36.2 Å². The summed E-state index contributed by atoms with van der Waals surface area (Å²) in [6, 6.07) is 7.60. The molecule has 0 aliphatic carbocycles. The van der Waals surface area contributed by atoms with E-state index in [9.17, 15) is 4.79 Å². The van der Waals surface area contributed by atoms with Gasteiger partial charge in [0.05, 0.1) is 12.1 Å². The Bertz CT molecular complexity index is 471. The van der Waals surface area contributed by atoms with Gasteiger partial charge in [-0.3, -0.25) is 4.79 Å². The summed E-state index contributed by atoms with van der Waals surface area (Å²) >= 11 is 0. The molecule has 0 fully saturated rings. The minimum absolute atomic E-state index is 0.00581. The lowest BCUT2D eigenvalue weighted by Gasteiger charge is -2.24. The van der Waals surface area contributed by atoms with Gasteiger partial charge in [0.1, 0.15) is 0 Å². The van der Waals surface area contributed by atoms with Crippen molar-refractivity contribution in [2.45, 2.75) is 26.3 Å². The first kappa shape index (κ1) is 14.3. The van der Waals surface area contributed by atoms with Crippen molar-refractivity contribution in [1.29, 1.82) is 0 Å². The van der Waals surface area contributed by atoms with Crippen LogP contribution in [-0.4, -0.2) is 30.4 Å². The zero-order valence-electron chi connectivity index (χ0n) is 11.2. The van der Waals surface area contributed by atoms with Crippen LogP contribution in [0.15, 0.2) is 24.3 Å². The van der Waals surface area contributed by atoms with Gasteiger partial charge < -0.3 is 10.6 Å². The minimum Gasteiger partial charge on any atom is -0.339 e. The Morgan fingerprint density at radius 3 is 2.72 bits per heavy atom. The van der Waals surface area contributed by atoms with Gasteiger partial charge in [-0.15, -0.1) is 0 Å². The Hall–Kier alpha value is -1.79. The second-order valence-corrected chi connectivity index (χ2v) is 4.22. The van der Waals surface area contributed by atoms with Gasteiger partial charge in [-0.05, 0) is 25.5 Å². The predicted octanol–water partition coefficient (Wildman–Crippen LogP) is 1.87. The third-order valence-electron chi connectivity index (χ3n) is 3.05. The van der Waals surface area contributed by atoms with E-state index in [1.165, 1.54) is 0 Å². The summed E-state index contributed by atoms with van der Waals surface area (Å²) in [7, 11) is 1.82. The highest BCUT2D eigenvalue weighted by atomic mass is 16.2. The molecule has 1 unspecified atom stereocenters. The summed E-state index contributed by atoms with van der Waals surface area (Å²) in [5, 5.41) is 0. The molecule has 1 amide bonds. The van der Waals surface area contributed by atoms with Crippen molar-refractivity contribution < 1.29 is 4.79 Å². The first-order valence-electron chi connectivity index (χ1n) is 6.17. The van der Waals surface area contributed by atoms with Crippen molar-refractivity contribution in [3.8, 4) is 11.8 Å². The van der Waals surface area contributed by atoms with Crippen LogP contribution in [0.5, 0.6) is 0 Å². The molecule has 3 nitrogen and oxygen atoms in total. The summed E-state index contributed by atoms with van der Waals surface area (Å²) in [4.78, 5) is 14.1. The van der Waals surface area contributed by atoms with E-state index in [0.29, 0.717) is 12.1 Å². The molecule has 1 atom stereocenters. The zero-order valence-corrected chi connectivity index (χ0v) is 11.2. The monoisotopic (exact) mass is 244 g/mol. The largest absolute Gasteiger partial charge is 0.339 e. The molecule has 0 radical (unpaired) electrons. The van der Waals surface area contributed by atoms with Crippen LogP contribution in [0.3, 0.4) is 0 Å². The van der Waals surface area contributed by atoms with Crippen molar-refractivity contribution in [3.05, 3.63) is 35.4 Å². The molecule has 0 aliphatic heterocycles. The number of hydrogen-bond donors (Lipinski definition) is 1. The maximum atomic E-state index is 12.4. The second-order valence-electron chi connectivity index (χ2n) is 4.22. The topological polar surface area (TPSA) is 46.3 Å². The van der Waals surface area contributed by atoms with Crippen molar-refractivity contribution in [3.63, 3.8) is 0 Å². The molecule has 0 aromatic heterocycles. The van der Waals surface area contributed by atoms with Crippen LogP contribution in [0.4, 0.5) is 0 Å². The van der Waals surface area contributed by atoms with Crippen molar-refractivity contribution in [2.75, 3.05) is 13.6 Å². The van der Waals surface area contributed by atoms with Crippen molar-refractivity contribution in [2.24, 2.45) is 5.73 Å². The first-order chi connectivity index (χ1) is 8.61. The molecule has 18 heavy (non-hydrogen) atoms. The highest BCUT2D eigenvalue weighted by Gasteiger charge is 2.18. The Morgan fingerprint density at radius 1 is 1.44 bits per heavy atom. The number of nitrogens with two attached hydrogens (primary N) is 1. The molecule has 3 heteroatoms. The molecule has 1 rings (SSSR count). The number of carbonyl (C=O) groups is 1. The maximum Gasteiger partial charge on any atom is 0.255 e. The Morgan fingerprint density at radius 2 is 2.11 bits per heavy atom. The molecule has 0 saturated heterocycles. The molecule has 96 valence electrons. The highest BCUT2D eigenvalue weighted by Crippen LogP contribution is 2.12. The van der Waals surface area contributed by atoms with E-state index in [1.807, 2.05) is 38.2 Å². The molecule has 0 bridgehead atoms. The maximum absolute atomic E-state index is 12.4. The van der Waals surface area contributed by atoms with Gasteiger partial charge >= 0.3 is 0 Å². The number of nitrogens with zero attached hydrogens (tertiary/aromatic N) is 1. The van der Waals surface area contributed by atoms with E-state index in [2.05, 4.69) is 18.8 Å². The van der Waals surface area contributed by atoms with Gasteiger partial charge in [0, 0.05) is 18.7 Å². The van der Waals surface area contributed by atoms with Crippen molar-refractivity contribution >= 4 is 5.91 Å². The number of carbonyl (C=O) groups excluding carboxylic acids is 1. The van der Waals surface area contributed by atoms with E-state index in [1.54, 1.807) is 4.90 Å². The van der Waals surface area contributed by atoms with Crippen molar-refractivity contribution in [1.82, 2.24) is 4.90 Å². The third kappa shape index (κ3) is 3.35. The summed E-state index contributed by atoms with van der Waals surface area (Å²) in [5.74, 6) is 5.74. The van der Waals surface area contributed by atoms with Gasteiger partial charge in [0.25, 0.3) is 5.91 Å². The summed E-state index contributed by atoms with van der Waals surface area (Å²) < 4.78 is 0. The quantitative estimate of drug-likeness (QED) is 0.825. The fourth-order valence-electron chi connectivity index (χ4n) is 1.59. The van der Waals surface area contributed by atoms with E-state index in [0.717, 1.165) is 12.0 Å². The van der Waals surface area contributed by atoms with Gasteiger partial charge in [-0.25, -0.2) is 0 Å². The second kappa shape index (κ2) is 6.83. The lowest BCUT2D eigenvalue weighted by atomic mass is 10.1. The average molecular weight is 244 g/mol. The Balaban J connectivity index is 3.05. The highest BCUT2D eigenvalue weighted by molar-refractivity contribution is 5.96. The normalized spacial score (nSPS) is 11.3. The van der Waals surface area contributed by atoms with Gasteiger partial charge in [-0.1, -0.05) is 30.9 Å². The standard InChI is InChI=1S/C15H20N2O/c1-4-12(2)17(3)15(18)14-10-6-5-8-13(14)9-7-11-16/h5-6,8,10,12H,4,11,16H2,1-3H3. The number of benzene rings is 1. The summed E-state index contributed by atoms with van der Waals surface area (Å²) in [6.07, 6.45) is 0.929. The number of hydrogen-bond acceptors (Lipinski definition) is 2. The molecule has 0 spiro atoms. The van der Waals surface area contributed by atoms with Gasteiger partial charge in [0.2, 0.25) is 0 Å². The van der Waals surface area contributed by atoms with Crippen LogP contribution in [-0.2, 0) is 0 Å². The molecule has 1 aromatic rings. The average Bonchev–Trinajstić information content (AvgIpc) is 2.42. The van der Waals surface area contributed by atoms with E-state index in [4.69, 9.17) is 5.73 Å². The summed E-state index contributed by atoms with van der Waals surface area (Å²) in [6.45, 7) is 4.39. The Kier molecular flexibility index (Phi) is 5.41. The lowest BCUT2D eigenvalue weighted by Crippen LogP contribution is -2.35. The van der Waals surface area contributed by atoms with Crippen LogP contribution in [0.25, 0.3) is 0 Å². The molecule has 2 N–H and O–H groups in total. The van der Waals surface area contributed by atoms with E-state index < -0.39 is 0 Å². The lowest BCUT2D eigenvalue weighted by molar-refractivity contribution is 0.0740. The molecule has 0 saturated carbocycles.